The van der Waals surface area contributed by atoms with Gasteiger partial charge in [0.05, 0.1) is 0 Å². The van der Waals surface area contributed by atoms with E-state index in [1.807, 2.05) is 24.3 Å². The maximum atomic E-state index is 11.9. The molecule has 2 amide bonds. The average molecular weight is 303 g/mol. The lowest BCUT2D eigenvalue weighted by atomic mass is 9.99. The Hall–Kier alpha value is -2.00. The van der Waals surface area contributed by atoms with Gasteiger partial charge >= 0.3 is 6.03 Å². The van der Waals surface area contributed by atoms with Crippen LogP contribution in [0.25, 0.3) is 0 Å². The molecule has 0 saturated heterocycles. The van der Waals surface area contributed by atoms with Crippen molar-refractivity contribution in [3.8, 4) is 0 Å². The Morgan fingerprint density at radius 2 is 1.48 bits per heavy atom. The van der Waals surface area contributed by atoms with Gasteiger partial charge in [-0.15, -0.1) is 0 Å². The largest absolute Gasteiger partial charge is 0.323 e. The second kappa shape index (κ2) is 7.14. The molecule has 110 valence electrons. The SMILES string of the molecule is CC[C@@H](C)c1ccc(NC(=O)Nc2ccc(Cl)cc2)cc1. The minimum Gasteiger partial charge on any atom is -0.308 e. The van der Waals surface area contributed by atoms with Crippen molar-refractivity contribution in [1.82, 2.24) is 0 Å². The van der Waals surface area contributed by atoms with Crippen molar-refractivity contribution in [3.05, 3.63) is 59.1 Å². The molecule has 0 bridgehead atoms. The van der Waals surface area contributed by atoms with E-state index in [4.69, 9.17) is 11.6 Å². The summed E-state index contributed by atoms with van der Waals surface area (Å²) in [5, 5.41) is 6.20. The molecule has 0 aliphatic carbocycles. The Morgan fingerprint density at radius 1 is 1.00 bits per heavy atom. The molecule has 0 aliphatic rings. The van der Waals surface area contributed by atoms with Crippen molar-refractivity contribution < 1.29 is 4.79 Å². The normalized spacial score (nSPS) is 11.8. The van der Waals surface area contributed by atoms with Crippen LogP contribution in [0.3, 0.4) is 0 Å². The Balaban J connectivity index is 1.94. The molecule has 0 saturated carbocycles. The van der Waals surface area contributed by atoms with Crippen molar-refractivity contribution in [2.24, 2.45) is 0 Å². The fourth-order valence-electron chi connectivity index (χ4n) is 1.96. The average Bonchev–Trinajstić information content (AvgIpc) is 2.49. The molecule has 21 heavy (non-hydrogen) atoms. The van der Waals surface area contributed by atoms with Gasteiger partial charge in [0.1, 0.15) is 0 Å². The van der Waals surface area contributed by atoms with Crippen LogP contribution in [0.5, 0.6) is 0 Å². The van der Waals surface area contributed by atoms with Crippen molar-refractivity contribution in [1.29, 1.82) is 0 Å². The van der Waals surface area contributed by atoms with Crippen LogP contribution in [-0.4, -0.2) is 6.03 Å². The summed E-state index contributed by atoms with van der Waals surface area (Å²) >= 11 is 5.80. The highest BCUT2D eigenvalue weighted by Gasteiger charge is 2.05. The van der Waals surface area contributed by atoms with Gasteiger partial charge in [-0.2, -0.15) is 0 Å². The second-order valence-electron chi connectivity index (χ2n) is 5.02. The molecule has 2 rings (SSSR count). The third-order valence-corrected chi connectivity index (χ3v) is 3.70. The van der Waals surface area contributed by atoms with Crippen LogP contribution in [0, 0.1) is 0 Å². The van der Waals surface area contributed by atoms with E-state index in [0.29, 0.717) is 16.6 Å². The Bertz CT molecular complexity index is 593. The van der Waals surface area contributed by atoms with Gasteiger partial charge in [0.2, 0.25) is 0 Å². The fraction of sp³-hybridized carbons (Fsp3) is 0.235. The maximum Gasteiger partial charge on any atom is 0.323 e. The molecule has 2 aromatic carbocycles. The Labute approximate surface area is 130 Å². The van der Waals surface area contributed by atoms with Crippen LogP contribution in [0.1, 0.15) is 31.7 Å². The first-order chi connectivity index (χ1) is 10.1. The third kappa shape index (κ3) is 4.50. The van der Waals surface area contributed by atoms with Gasteiger partial charge in [-0.25, -0.2) is 4.79 Å². The minimum atomic E-state index is -0.270. The number of rotatable bonds is 4. The van der Waals surface area contributed by atoms with Gasteiger partial charge in [0.15, 0.2) is 0 Å². The lowest BCUT2D eigenvalue weighted by molar-refractivity contribution is 0.262. The van der Waals surface area contributed by atoms with E-state index in [-0.39, 0.29) is 6.03 Å². The topological polar surface area (TPSA) is 41.1 Å². The van der Waals surface area contributed by atoms with Crippen LogP contribution in [0.4, 0.5) is 16.2 Å². The first-order valence-electron chi connectivity index (χ1n) is 7.02. The van der Waals surface area contributed by atoms with E-state index in [0.717, 1.165) is 12.1 Å². The summed E-state index contributed by atoms with van der Waals surface area (Å²) in [7, 11) is 0. The number of hydrogen-bond acceptors (Lipinski definition) is 1. The smallest absolute Gasteiger partial charge is 0.308 e. The molecule has 0 fully saturated rings. The van der Waals surface area contributed by atoms with Gasteiger partial charge in [0, 0.05) is 16.4 Å². The molecule has 2 aromatic rings. The fourth-order valence-corrected chi connectivity index (χ4v) is 2.08. The van der Waals surface area contributed by atoms with Crippen LogP contribution in [-0.2, 0) is 0 Å². The van der Waals surface area contributed by atoms with Crippen LogP contribution in [0.2, 0.25) is 5.02 Å². The summed E-state index contributed by atoms with van der Waals surface area (Å²) in [6.07, 6.45) is 1.10. The summed E-state index contributed by atoms with van der Waals surface area (Å²) < 4.78 is 0. The zero-order chi connectivity index (χ0) is 15.2. The molecule has 0 heterocycles. The molecule has 0 aromatic heterocycles. The van der Waals surface area contributed by atoms with E-state index in [9.17, 15) is 4.79 Å². The molecule has 4 heteroatoms. The molecular weight excluding hydrogens is 284 g/mol. The van der Waals surface area contributed by atoms with Gasteiger partial charge in [-0.05, 0) is 54.3 Å². The number of amides is 2. The first-order valence-corrected chi connectivity index (χ1v) is 7.40. The van der Waals surface area contributed by atoms with Gasteiger partial charge in [-0.3, -0.25) is 0 Å². The number of halogens is 1. The number of hydrogen-bond donors (Lipinski definition) is 2. The molecule has 1 atom stereocenters. The highest BCUT2D eigenvalue weighted by atomic mass is 35.5. The summed E-state index contributed by atoms with van der Waals surface area (Å²) in [6, 6.07) is 14.6. The second-order valence-corrected chi connectivity index (χ2v) is 5.45. The molecule has 0 radical (unpaired) electrons. The van der Waals surface area contributed by atoms with E-state index >= 15 is 0 Å². The molecule has 2 N–H and O–H groups in total. The molecule has 3 nitrogen and oxygen atoms in total. The summed E-state index contributed by atoms with van der Waals surface area (Å²) in [5.74, 6) is 0.530. The van der Waals surface area contributed by atoms with Crippen molar-refractivity contribution in [2.75, 3.05) is 10.6 Å². The summed E-state index contributed by atoms with van der Waals surface area (Å²) in [4.78, 5) is 11.9. The first kappa shape index (κ1) is 15.4. The van der Waals surface area contributed by atoms with Gasteiger partial charge in [-0.1, -0.05) is 37.6 Å². The molecule has 0 unspecified atom stereocenters. The molecule has 0 spiro atoms. The van der Waals surface area contributed by atoms with Gasteiger partial charge in [0.25, 0.3) is 0 Å². The Kier molecular flexibility index (Phi) is 5.23. The van der Waals surface area contributed by atoms with E-state index in [1.54, 1.807) is 24.3 Å². The molecule has 0 aliphatic heterocycles. The number of benzene rings is 2. The number of urea groups is 1. The minimum absolute atomic E-state index is 0.270. The highest BCUT2D eigenvalue weighted by molar-refractivity contribution is 6.30. The van der Waals surface area contributed by atoms with E-state index in [1.165, 1.54) is 5.56 Å². The highest BCUT2D eigenvalue weighted by Crippen LogP contribution is 2.20. The van der Waals surface area contributed by atoms with E-state index in [2.05, 4.69) is 24.5 Å². The maximum absolute atomic E-state index is 11.9. The third-order valence-electron chi connectivity index (χ3n) is 3.45. The van der Waals surface area contributed by atoms with Crippen molar-refractivity contribution in [2.45, 2.75) is 26.2 Å². The van der Waals surface area contributed by atoms with Crippen molar-refractivity contribution >= 4 is 29.0 Å². The standard InChI is InChI=1S/C17H19ClN2O/c1-3-12(2)13-4-8-15(9-5-13)19-17(21)20-16-10-6-14(18)7-11-16/h4-12H,3H2,1-2H3,(H2,19,20,21)/t12-/m1/s1. The quantitative estimate of drug-likeness (QED) is 0.769. The lowest BCUT2D eigenvalue weighted by Crippen LogP contribution is -2.19. The zero-order valence-electron chi connectivity index (χ0n) is 12.2. The van der Waals surface area contributed by atoms with Crippen LogP contribution < -0.4 is 10.6 Å². The predicted molar refractivity (Wildman–Crippen MR) is 89.2 cm³/mol. The zero-order valence-corrected chi connectivity index (χ0v) is 12.9. The lowest BCUT2D eigenvalue weighted by Gasteiger charge is -2.11. The number of nitrogens with one attached hydrogen (secondary N) is 2. The Morgan fingerprint density at radius 3 is 1.95 bits per heavy atom. The van der Waals surface area contributed by atoms with Crippen molar-refractivity contribution in [3.63, 3.8) is 0 Å². The number of carbonyl (C=O) groups excluding carboxylic acids is 1. The van der Waals surface area contributed by atoms with Gasteiger partial charge < -0.3 is 10.6 Å². The summed E-state index contributed by atoms with van der Waals surface area (Å²) in [6.45, 7) is 4.35. The summed E-state index contributed by atoms with van der Waals surface area (Å²) in [5.41, 5.74) is 2.75. The van der Waals surface area contributed by atoms with E-state index < -0.39 is 0 Å². The molecular formula is C17H19ClN2O. The number of anilines is 2. The van der Waals surface area contributed by atoms with Crippen LogP contribution in [0.15, 0.2) is 48.5 Å². The number of carbonyl (C=O) groups is 1. The predicted octanol–water partition coefficient (Wildman–Crippen LogP) is 5.50. The monoisotopic (exact) mass is 302 g/mol. The van der Waals surface area contributed by atoms with Crippen LogP contribution >= 0.6 is 11.6 Å².